The number of rotatable bonds is 3. The highest BCUT2D eigenvalue weighted by molar-refractivity contribution is 7.99. The van der Waals surface area contributed by atoms with E-state index < -0.39 is 5.97 Å². The molecule has 0 amide bonds. The average Bonchev–Trinajstić information content (AvgIpc) is 2.47. The van der Waals surface area contributed by atoms with Crippen molar-refractivity contribution in [2.75, 3.05) is 0 Å². The number of hydrogen-bond acceptors (Lipinski definition) is 3. The first kappa shape index (κ1) is 13.6. The highest BCUT2D eigenvalue weighted by Crippen LogP contribution is 2.33. The van der Waals surface area contributed by atoms with Gasteiger partial charge in [-0.1, -0.05) is 36.0 Å². The van der Waals surface area contributed by atoms with Crippen molar-refractivity contribution in [3.8, 4) is 0 Å². The van der Waals surface area contributed by atoms with Crippen molar-refractivity contribution >= 4 is 28.6 Å². The molecule has 0 aliphatic carbocycles. The van der Waals surface area contributed by atoms with Gasteiger partial charge in [0.05, 0.1) is 11.1 Å². The molecular formula is C17H13NO2S. The third kappa shape index (κ3) is 2.90. The molecule has 1 N–H and O–H groups in total. The molecule has 0 saturated carbocycles. The van der Waals surface area contributed by atoms with Gasteiger partial charge in [0.1, 0.15) is 0 Å². The maximum absolute atomic E-state index is 11.1. The summed E-state index contributed by atoms with van der Waals surface area (Å²) in [6.07, 6.45) is 0. The molecule has 0 aliphatic rings. The zero-order valence-corrected chi connectivity index (χ0v) is 12.2. The lowest BCUT2D eigenvalue weighted by molar-refractivity contribution is 0.0696. The fraction of sp³-hybridized carbons (Fsp3) is 0.0588. The monoisotopic (exact) mass is 295 g/mol. The number of para-hydroxylation sites is 1. The SMILES string of the molecule is Cc1cc(Sc2cccc(C(=O)O)c2)c2ccccc2n1. The first-order chi connectivity index (χ1) is 10.1. The van der Waals surface area contributed by atoms with E-state index in [0.29, 0.717) is 5.56 Å². The molecule has 0 saturated heterocycles. The largest absolute Gasteiger partial charge is 0.478 e. The Labute approximate surface area is 126 Å². The first-order valence-corrected chi connectivity index (χ1v) is 7.33. The second kappa shape index (κ2) is 5.58. The Morgan fingerprint density at radius 1 is 1.10 bits per heavy atom. The summed E-state index contributed by atoms with van der Waals surface area (Å²) < 4.78 is 0. The van der Waals surface area contributed by atoms with Gasteiger partial charge < -0.3 is 5.11 Å². The summed E-state index contributed by atoms with van der Waals surface area (Å²) in [6.45, 7) is 1.96. The molecule has 4 heteroatoms. The van der Waals surface area contributed by atoms with Gasteiger partial charge in [0.25, 0.3) is 0 Å². The molecule has 0 bridgehead atoms. The van der Waals surface area contributed by atoms with Gasteiger partial charge in [-0.25, -0.2) is 4.79 Å². The van der Waals surface area contributed by atoms with Crippen molar-refractivity contribution in [2.45, 2.75) is 16.7 Å². The number of carboxylic acids is 1. The minimum atomic E-state index is -0.909. The second-order valence-electron chi connectivity index (χ2n) is 4.71. The average molecular weight is 295 g/mol. The van der Waals surface area contributed by atoms with Gasteiger partial charge in [-0.15, -0.1) is 0 Å². The third-order valence-corrected chi connectivity index (χ3v) is 4.16. The maximum atomic E-state index is 11.1. The molecule has 0 aliphatic heterocycles. The zero-order valence-electron chi connectivity index (χ0n) is 11.4. The van der Waals surface area contributed by atoms with E-state index in [1.807, 2.05) is 43.3 Å². The summed E-state index contributed by atoms with van der Waals surface area (Å²) >= 11 is 1.56. The van der Waals surface area contributed by atoms with Crippen LogP contribution in [-0.2, 0) is 0 Å². The van der Waals surface area contributed by atoms with Crippen molar-refractivity contribution in [3.05, 3.63) is 65.9 Å². The Kier molecular flexibility index (Phi) is 3.62. The van der Waals surface area contributed by atoms with E-state index in [9.17, 15) is 4.79 Å². The molecule has 0 spiro atoms. The molecule has 3 aromatic rings. The van der Waals surface area contributed by atoms with Crippen LogP contribution in [0.2, 0.25) is 0 Å². The summed E-state index contributed by atoms with van der Waals surface area (Å²) in [5, 5.41) is 10.1. The minimum absolute atomic E-state index is 0.301. The minimum Gasteiger partial charge on any atom is -0.478 e. The van der Waals surface area contributed by atoms with Gasteiger partial charge in [-0.05, 0) is 37.3 Å². The molecule has 3 rings (SSSR count). The topological polar surface area (TPSA) is 50.2 Å². The van der Waals surface area contributed by atoms with Crippen molar-refractivity contribution < 1.29 is 9.90 Å². The van der Waals surface area contributed by atoms with Crippen LogP contribution in [-0.4, -0.2) is 16.1 Å². The Morgan fingerprint density at radius 2 is 1.90 bits per heavy atom. The molecule has 1 heterocycles. The molecule has 3 nitrogen and oxygen atoms in total. The van der Waals surface area contributed by atoms with Crippen LogP contribution < -0.4 is 0 Å². The molecule has 0 atom stereocenters. The van der Waals surface area contributed by atoms with Gasteiger partial charge in [-0.3, -0.25) is 4.98 Å². The molecule has 0 unspecified atom stereocenters. The first-order valence-electron chi connectivity index (χ1n) is 6.51. The predicted octanol–water partition coefficient (Wildman–Crippen LogP) is 4.39. The van der Waals surface area contributed by atoms with Crippen LogP contribution in [0.25, 0.3) is 10.9 Å². The fourth-order valence-electron chi connectivity index (χ4n) is 2.17. The summed E-state index contributed by atoms with van der Waals surface area (Å²) in [7, 11) is 0. The van der Waals surface area contributed by atoms with Crippen molar-refractivity contribution in [3.63, 3.8) is 0 Å². The number of aryl methyl sites for hydroxylation is 1. The van der Waals surface area contributed by atoms with Crippen molar-refractivity contribution in [2.24, 2.45) is 0 Å². The lowest BCUT2D eigenvalue weighted by Gasteiger charge is -2.08. The number of benzene rings is 2. The number of carboxylic acid groups (broad SMARTS) is 1. The molecule has 0 radical (unpaired) electrons. The number of aromatic carboxylic acids is 1. The van der Waals surface area contributed by atoms with Gasteiger partial charge >= 0.3 is 5.97 Å². The molecule has 2 aromatic carbocycles. The predicted molar refractivity (Wildman–Crippen MR) is 84.0 cm³/mol. The van der Waals surface area contributed by atoms with Crippen molar-refractivity contribution in [1.82, 2.24) is 4.98 Å². The van der Waals surface area contributed by atoms with E-state index in [1.54, 1.807) is 30.0 Å². The summed E-state index contributed by atoms with van der Waals surface area (Å²) in [6, 6.07) is 17.0. The molecule has 104 valence electrons. The van der Waals surface area contributed by atoms with E-state index >= 15 is 0 Å². The lowest BCUT2D eigenvalue weighted by Crippen LogP contribution is -1.95. The summed E-state index contributed by atoms with van der Waals surface area (Å²) in [4.78, 5) is 17.6. The van der Waals surface area contributed by atoms with E-state index in [-0.39, 0.29) is 0 Å². The van der Waals surface area contributed by atoms with Crippen LogP contribution in [0.5, 0.6) is 0 Å². The summed E-state index contributed by atoms with van der Waals surface area (Å²) in [5.41, 5.74) is 2.20. The summed E-state index contributed by atoms with van der Waals surface area (Å²) in [5.74, 6) is -0.909. The van der Waals surface area contributed by atoms with Crippen LogP contribution >= 0.6 is 11.8 Å². The van der Waals surface area contributed by atoms with Gasteiger partial charge in [0, 0.05) is 20.9 Å². The maximum Gasteiger partial charge on any atom is 0.335 e. The Morgan fingerprint density at radius 3 is 2.71 bits per heavy atom. The van der Waals surface area contributed by atoms with Gasteiger partial charge in [0.2, 0.25) is 0 Å². The fourth-order valence-corrected chi connectivity index (χ4v) is 3.27. The zero-order chi connectivity index (χ0) is 14.8. The van der Waals surface area contributed by atoms with E-state index in [2.05, 4.69) is 4.98 Å². The van der Waals surface area contributed by atoms with Crippen LogP contribution in [0.4, 0.5) is 0 Å². The Bertz CT molecular complexity index is 830. The van der Waals surface area contributed by atoms with Crippen molar-refractivity contribution in [1.29, 1.82) is 0 Å². The number of aromatic nitrogens is 1. The van der Waals surface area contributed by atoms with Crippen LogP contribution in [0.15, 0.2) is 64.4 Å². The smallest absolute Gasteiger partial charge is 0.335 e. The number of carbonyl (C=O) groups is 1. The highest BCUT2D eigenvalue weighted by Gasteiger charge is 2.08. The molecule has 1 aromatic heterocycles. The van der Waals surface area contributed by atoms with E-state index in [1.165, 1.54) is 0 Å². The molecule has 0 fully saturated rings. The van der Waals surface area contributed by atoms with E-state index in [0.717, 1.165) is 26.4 Å². The number of pyridine rings is 1. The number of hydrogen-bond donors (Lipinski definition) is 1. The Balaban J connectivity index is 2.05. The second-order valence-corrected chi connectivity index (χ2v) is 5.83. The normalized spacial score (nSPS) is 10.7. The molecular weight excluding hydrogens is 282 g/mol. The van der Waals surface area contributed by atoms with Gasteiger partial charge in [-0.2, -0.15) is 0 Å². The van der Waals surface area contributed by atoms with E-state index in [4.69, 9.17) is 5.11 Å². The Hall–Kier alpha value is -2.33. The highest BCUT2D eigenvalue weighted by atomic mass is 32.2. The van der Waals surface area contributed by atoms with Crippen LogP contribution in [0.3, 0.4) is 0 Å². The molecule has 21 heavy (non-hydrogen) atoms. The van der Waals surface area contributed by atoms with Crippen LogP contribution in [0, 0.1) is 6.92 Å². The number of fused-ring (bicyclic) bond motifs is 1. The quantitative estimate of drug-likeness (QED) is 0.778. The van der Waals surface area contributed by atoms with Crippen LogP contribution in [0.1, 0.15) is 16.1 Å². The standard InChI is InChI=1S/C17H13NO2S/c1-11-9-16(14-7-2-3-8-15(14)18-11)21-13-6-4-5-12(10-13)17(19)20/h2-10H,1H3,(H,19,20). The third-order valence-electron chi connectivity index (χ3n) is 3.12. The van der Waals surface area contributed by atoms with Gasteiger partial charge in [0.15, 0.2) is 0 Å². The lowest BCUT2D eigenvalue weighted by atomic mass is 10.2. The number of nitrogens with zero attached hydrogens (tertiary/aromatic N) is 1.